The first kappa shape index (κ1) is 19.7. The number of carboxylic acid groups (broad SMARTS) is 1. The molecule has 0 aliphatic heterocycles. The molecule has 0 heterocycles. The van der Waals surface area contributed by atoms with Crippen molar-refractivity contribution in [2.75, 3.05) is 6.61 Å². The molecule has 0 radical (unpaired) electrons. The number of aliphatic carboxylic acids is 1. The second-order valence-corrected chi connectivity index (χ2v) is 2.51. The average molecular weight is 242 g/mol. The van der Waals surface area contributed by atoms with E-state index in [0.717, 1.165) is 0 Å². The second-order valence-electron chi connectivity index (χ2n) is 1.53. The van der Waals surface area contributed by atoms with Crippen molar-refractivity contribution < 1.29 is 90.7 Å². The number of hydrogen-bond acceptors (Lipinski definition) is 5. The molecule has 0 fully saturated rings. The molecule has 74 valence electrons. The van der Waals surface area contributed by atoms with Crippen molar-refractivity contribution in [3.63, 3.8) is 0 Å². The van der Waals surface area contributed by atoms with E-state index in [0.29, 0.717) is 0 Å². The van der Waals surface area contributed by atoms with E-state index in [-0.39, 0.29) is 51.4 Å². The summed E-state index contributed by atoms with van der Waals surface area (Å²) in [6.07, 6.45) is -1.63. The van der Waals surface area contributed by atoms with Crippen LogP contribution in [-0.2, 0) is 9.36 Å². The van der Waals surface area contributed by atoms with Gasteiger partial charge >= 0.3 is 57.4 Å². The Balaban J connectivity index is -0.000000150. The first-order valence-electron chi connectivity index (χ1n) is 2.46. The van der Waals surface area contributed by atoms with Gasteiger partial charge in [-0.25, -0.2) is 4.79 Å². The molecule has 0 rings (SSSR count). The van der Waals surface area contributed by atoms with Gasteiger partial charge < -0.3 is 30.0 Å². The number of carbonyl (C=O) groups is 1. The zero-order valence-electron chi connectivity index (χ0n) is 6.69. The average Bonchev–Trinajstić information content (AvgIpc) is 1.82. The van der Waals surface area contributed by atoms with Gasteiger partial charge in [-0.2, -0.15) is 0 Å². The van der Waals surface area contributed by atoms with E-state index in [1.807, 2.05) is 0 Å². The molecule has 13 heavy (non-hydrogen) atoms. The Hall–Kier alpha value is 1.14. The minimum atomic E-state index is -4.89. The smallest absolute Gasteiger partial charge is 0.756 e. The summed E-state index contributed by atoms with van der Waals surface area (Å²) in [5.41, 5.74) is 0. The maximum atomic E-state index is 9.52. The third kappa shape index (κ3) is 32.0. The SMILES string of the molecule is O=C(O)C(O)CO.O=P([O-])(O)O.[K+]. The predicted molar refractivity (Wildman–Crippen MR) is 32.8 cm³/mol. The van der Waals surface area contributed by atoms with Crippen LogP contribution in [0.1, 0.15) is 0 Å². The summed E-state index contributed by atoms with van der Waals surface area (Å²) in [6, 6.07) is 0. The summed E-state index contributed by atoms with van der Waals surface area (Å²) in [4.78, 5) is 32.4. The van der Waals surface area contributed by atoms with Crippen LogP contribution in [0.25, 0.3) is 0 Å². The summed E-state index contributed by atoms with van der Waals surface area (Å²) in [6.45, 7) is -0.727. The molecule has 8 nitrogen and oxygen atoms in total. The van der Waals surface area contributed by atoms with E-state index in [2.05, 4.69) is 0 Å². The quantitative estimate of drug-likeness (QED) is 0.236. The van der Waals surface area contributed by atoms with Crippen molar-refractivity contribution in [2.45, 2.75) is 6.10 Å². The zero-order valence-corrected chi connectivity index (χ0v) is 10.7. The fourth-order valence-corrected chi connectivity index (χ4v) is 0.0781. The molecule has 0 amide bonds. The Morgan fingerprint density at radius 1 is 1.46 bits per heavy atom. The number of phosphoric acid groups is 1. The minimum Gasteiger partial charge on any atom is -0.756 e. The normalized spacial score (nSPS) is 11.8. The monoisotopic (exact) mass is 242 g/mol. The first-order valence-corrected chi connectivity index (χ1v) is 3.99. The van der Waals surface area contributed by atoms with Crippen LogP contribution < -0.4 is 56.3 Å². The van der Waals surface area contributed by atoms with Crippen LogP contribution in [0.15, 0.2) is 0 Å². The summed E-state index contributed by atoms with van der Waals surface area (Å²) >= 11 is 0. The molecule has 1 atom stereocenters. The number of hydrogen-bond donors (Lipinski definition) is 5. The van der Waals surface area contributed by atoms with E-state index < -0.39 is 26.5 Å². The van der Waals surface area contributed by atoms with Crippen LogP contribution >= 0.6 is 7.82 Å². The molecule has 5 N–H and O–H groups in total. The maximum Gasteiger partial charge on any atom is 1.00 e. The third-order valence-electron chi connectivity index (χ3n) is 0.458. The largest absolute Gasteiger partial charge is 1.00 e. The maximum absolute atomic E-state index is 9.52. The number of aliphatic hydroxyl groups excluding tert-OH is 2. The fraction of sp³-hybridized carbons (Fsp3) is 0.667. The van der Waals surface area contributed by atoms with Crippen LogP contribution in [0.2, 0.25) is 0 Å². The van der Waals surface area contributed by atoms with Crippen molar-refractivity contribution >= 4 is 13.8 Å². The molecule has 0 aliphatic rings. The van der Waals surface area contributed by atoms with Crippen molar-refractivity contribution in [2.24, 2.45) is 0 Å². The van der Waals surface area contributed by atoms with Gasteiger partial charge in [0.05, 0.1) is 6.61 Å². The van der Waals surface area contributed by atoms with Gasteiger partial charge in [-0.05, 0) is 0 Å². The van der Waals surface area contributed by atoms with Crippen molar-refractivity contribution in [3.8, 4) is 0 Å². The van der Waals surface area contributed by atoms with Gasteiger partial charge in [0.2, 0.25) is 0 Å². The molecule has 0 spiro atoms. The third-order valence-corrected chi connectivity index (χ3v) is 0.458. The Bertz CT molecular complexity index is 168. The molecule has 10 heteroatoms. The predicted octanol–water partition coefficient (Wildman–Crippen LogP) is -6.13. The van der Waals surface area contributed by atoms with Gasteiger partial charge in [0, 0.05) is 0 Å². The van der Waals surface area contributed by atoms with E-state index in [9.17, 15) is 4.79 Å². The van der Waals surface area contributed by atoms with Crippen LogP contribution in [0.3, 0.4) is 0 Å². The fourth-order valence-electron chi connectivity index (χ4n) is 0.0781. The molecule has 0 saturated heterocycles. The van der Waals surface area contributed by atoms with E-state index in [1.54, 1.807) is 0 Å². The molecule has 0 aromatic carbocycles. The van der Waals surface area contributed by atoms with Crippen molar-refractivity contribution in [1.82, 2.24) is 0 Å². The summed E-state index contributed by atoms with van der Waals surface area (Å²) in [5.74, 6) is -1.40. The second kappa shape index (κ2) is 9.68. The van der Waals surface area contributed by atoms with Gasteiger partial charge in [-0.15, -0.1) is 0 Å². The Kier molecular flexibility index (Phi) is 14.6. The molecule has 0 aromatic rings. The molecular weight excluding hydrogens is 234 g/mol. The number of rotatable bonds is 2. The summed E-state index contributed by atoms with van der Waals surface area (Å²) in [5, 5.41) is 23.7. The van der Waals surface area contributed by atoms with Gasteiger partial charge in [0.1, 0.15) is 0 Å². The molecule has 1 unspecified atom stereocenters. The van der Waals surface area contributed by atoms with Gasteiger partial charge in [-0.1, -0.05) is 0 Å². The Labute approximate surface area is 116 Å². The van der Waals surface area contributed by atoms with Crippen molar-refractivity contribution in [1.29, 1.82) is 0 Å². The molecule has 0 bridgehead atoms. The summed E-state index contributed by atoms with van der Waals surface area (Å²) < 4.78 is 8.77. The molecular formula is C3H8KO8P. The van der Waals surface area contributed by atoms with Crippen LogP contribution in [0.4, 0.5) is 0 Å². The summed E-state index contributed by atoms with van der Waals surface area (Å²) in [7, 11) is -4.89. The van der Waals surface area contributed by atoms with Crippen LogP contribution in [0.5, 0.6) is 0 Å². The molecule has 0 saturated carbocycles. The van der Waals surface area contributed by atoms with E-state index in [1.165, 1.54) is 0 Å². The first-order chi connectivity index (χ1) is 5.18. The van der Waals surface area contributed by atoms with Crippen LogP contribution in [0, 0.1) is 0 Å². The van der Waals surface area contributed by atoms with Crippen LogP contribution in [-0.4, -0.2) is 43.8 Å². The van der Waals surface area contributed by atoms with Gasteiger partial charge in [0.15, 0.2) is 6.10 Å². The Morgan fingerprint density at radius 3 is 1.69 bits per heavy atom. The number of aliphatic hydroxyl groups is 2. The topological polar surface area (TPSA) is 158 Å². The van der Waals surface area contributed by atoms with E-state index in [4.69, 9.17) is 34.6 Å². The van der Waals surface area contributed by atoms with E-state index >= 15 is 0 Å². The van der Waals surface area contributed by atoms with Crippen molar-refractivity contribution in [3.05, 3.63) is 0 Å². The Morgan fingerprint density at radius 2 is 1.69 bits per heavy atom. The standard InChI is InChI=1S/C3H6O4.K.H3O4P/c4-1-2(5)3(6)7;;1-5(2,3)4/h2,4-5H,1H2,(H,6,7);;(H3,1,2,3,4)/q;+1;/p-1. The van der Waals surface area contributed by atoms with Gasteiger partial charge in [0.25, 0.3) is 7.82 Å². The molecule has 0 aromatic heterocycles. The molecule has 0 aliphatic carbocycles. The minimum absolute atomic E-state index is 0. The number of carboxylic acids is 1. The zero-order chi connectivity index (χ0) is 10.4. The van der Waals surface area contributed by atoms with Gasteiger partial charge in [-0.3, -0.25) is 4.57 Å².